The highest BCUT2D eigenvalue weighted by molar-refractivity contribution is 5.43. The number of para-hydroxylation sites is 1. The van der Waals surface area contributed by atoms with Gasteiger partial charge in [0, 0.05) is 17.6 Å². The highest BCUT2D eigenvalue weighted by Gasteiger charge is 2.25. The number of fused-ring (bicyclic) bond motifs is 1. The number of benzene rings is 1. The molecule has 92 valence electrons. The van der Waals surface area contributed by atoms with Crippen LogP contribution in [-0.4, -0.2) is 12.6 Å². The summed E-state index contributed by atoms with van der Waals surface area (Å²) in [7, 11) is 0. The van der Waals surface area contributed by atoms with E-state index < -0.39 is 0 Å². The van der Waals surface area contributed by atoms with E-state index in [9.17, 15) is 0 Å². The van der Waals surface area contributed by atoms with Crippen molar-refractivity contribution in [3.63, 3.8) is 0 Å². The fraction of sp³-hybridized carbons (Fsp3) is 0.600. The minimum absolute atomic E-state index is 0.498. The molecule has 1 heterocycles. The summed E-state index contributed by atoms with van der Waals surface area (Å²) in [5.41, 5.74) is 2.64. The van der Waals surface area contributed by atoms with Crippen molar-refractivity contribution >= 4 is 0 Å². The van der Waals surface area contributed by atoms with Crippen LogP contribution in [0.15, 0.2) is 18.2 Å². The minimum Gasteiger partial charge on any atom is -0.493 e. The van der Waals surface area contributed by atoms with E-state index in [4.69, 9.17) is 4.74 Å². The molecule has 0 bridgehead atoms. The number of hydrogen-bond donors (Lipinski definition) is 1. The zero-order chi connectivity index (χ0) is 11.7. The van der Waals surface area contributed by atoms with E-state index in [1.807, 2.05) is 0 Å². The third-order valence-corrected chi connectivity index (χ3v) is 4.04. The van der Waals surface area contributed by atoms with Crippen molar-refractivity contribution < 1.29 is 4.74 Å². The average molecular weight is 231 g/mol. The topological polar surface area (TPSA) is 21.3 Å². The number of rotatable bonds is 2. The van der Waals surface area contributed by atoms with Crippen LogP contribution in [-0.2, 0) is 0 Å². The second-order valence-corrected chi connectivity index (χ2v) is 5.33. The normalized spacial score (nSPS) is 24.4. The molecule has 1 unspecified atom stereocenters. The van der Waals surface area contributed by atoms with Crippen molar-refractivity contribution in [2.45, 2.75) is 51.1 Å². The van der Waals surface area contributed by atoms with Gasteiger partial charge in [0.15, 0.2) is 0 Å². The lowest BCUT2D eigenvalue weighted by atomic mass is 9.90. The molecule has 0 radical (unpaired) electrons. The van der Waals surface area contributed by atoms with Crippen molar-refractivity contribution in [3.05, 3.63) is 29.3 Å². The summed E-state index contributed by atoms with van der Waals surface area (Å²) >= 11 is 0. The number of hydrogen-bond acceptors (Lipinski definition) is 2. The summed E-state index contributed by atoms with van der Waals surface area (Å²) in [6.07, 6.45) is 6.43. The first-order chi connectivity index (χ1) is 8.34. The summed E-state index contributed by atoms with van der Waals surface area (Å²) in [5.74, 6) is 1.13. The highest BCUT2D eigenvalue weighted by Crippen LogP contribution is 2.35. The molecular weight excluding hydrogens is 210 g/mol. The zero-order valence-corrected chi connectivity index (χ0v) is 10.5. The molecule has 0 spiro atoms. The monoisotopic (exact) mass is 231 g/mol. The second-order valence-electron chi connectivity index (χ2n) is 5.33. The Kier molecular flexibility index (Phi) is 3.06. The Morgan fingerprint density at radius 1 is 1.18 bits per heavy atom. The van der Waals surface area contributed by atoms with Gasteiger partial charge in [-0.15, -0.1) is 0 Å². The SMILES string of the molecule is Cc1cccc2c1OCCCC2NC1CCC1. The summed E-state index contributed by atoms with van der Waals surface area (Å²) in [6.45, 7) is 3.01. The van der Waals surface area contributed by atoms with Gasteiger partial charge in [0.1, 0.15) is 5.75 Å². The second kappa shape index (κ2) is 4.69. The first-order valence-electron chi connectivity index (χ1n) is 6.83. The number of nitrogens with one attached hydrogen (secondary N) is 1. The summed E-state index contributed by atoms with van der Waals surface area (Å²) in [4.78, 5) is 0. The average Bonchev–Trinajstić information content (AvgIpc) is 2.47. The van der Waals surface area contributed by atoms with Crippen LogP contribution in [0.5, 0.6) is 5.75 Å². The van der Waals surface area contributed by atoms with Gasteiger partial charge in [-0.3, -0.25) is 0 Å². The predicted molar refractivity (Wildman–Crippen MR) is 69.4 cm³/mol. The van der Waals surface area contributed by atoms with Crippen molar-refractivity contribution in [2.24, 2.45) is 0 Å². The maximum Gasteiger partial charge on any atom is 0.126 e. The molecule has 0 amide bonds. The van der Waals surface area contributed by atoms with Crippen LogP contribution in [0.1, 0.15) is 49.3 Å². The molecule has 1 atom stereocenters. The predicted octanol–water partition coefficient (Wildman–Crippen LogP) is 3.35. The fourth-order valence-corrected chi connectivity index (χ4v) is 2.80. The van der Waals surface area contributed by atoms with E-state index in [2.05, 4.69) is 30.4 Å². The van der Waals surface area contributed by atoms with Crippen molar-refractivity contribution in [2.75, 3.05) is 6.61 Å². The molecule has 2 heteroatoms. The van der Waals surface area contributed by atoms with Crippen molar-refractivity contribution in [3.8, 4) is 5.75 Å². The van der Waals surface area contributed by atoms with Crippen LogP contribution < -0.4 is 10.1 Å². The molecule has 2 nitrogen and oxygen atoms in total. The lowest BCUT2D eigenvalue weighted by Crippen LogP contribution is -2.37. The Labute approximate surface area is 103 Å². The maximum atomic E-state index is 5.90. The molecule has 1 aliphatic heterocycles. The van der Waals surface area contributed by atoms with Gasteiger partial charge < -0.3 is 10.1 Å². The Balaban J connectivity index is 1.86. The van der Waals surface area contributed by atoms with Crippen LogP contribution in [0, 0.1) is 6.92 Å². The smallest absolute Gasteiger partial charge is 0.126 e. The molecule has 1 aliphatic carbocycles. The van der Waals surface area contributed by atoms with Gasteiger partial charge in [0.2, 0.25) is 0 Å². The van der Waals surface area contributed by atoms with Crippen molar-refractivity contribution in [1.82, 2.24) is 5.32 Å². The molecule has 1 aromatic rings. The first kappa shape index (κ1) is 11.1. The van der Waals surface area contributed by atoms with E-state index in [1.165, 1.54) is 36.8 Å². The van der Waals surface area contributed by atoms with E-state index in [0.717, 1.165) is 24.8 Å². The molecule has 17 heavy (non-hydrogen) atoms. The number of ether oxygens (including phenoxy) is 1. The van der Waals surface area contributed by atoms with Gasteiger partial charge in [-0.1, -0.05) is 24.6 Å². The van der Waals surface area contributed by atoms with Crippen LogP contribution in [0.2, 0.25) is 0 Å². The number of aryl methyl sites for hydroxylation is 1. The lowest BCUT2D eigenvalue weighted by Gasteiger charge is -2.31. The minimum atomic E-state index is 0.498. The highest BCUT2D eigenvalue weighted by atomic mass is 16.5. The molecule has 0 aromatic heterocycles. The molecule has 1 fully saturated rings. The van der Waals surface area contributed by atoms with Gasteiger partial charge in [-0.2, -0.15) is 0 Å². The fourth-order valence-electron chi connectivity index (χ4n) is 2.80. The Bertz CT molecular complexity index is 398. The Hall–Kier alpha value is -1.02. The third kappa shape index (κ3) is 2.19. The zero-order valence-electron chi connectivity index (χ0n) is 10.5. The molecule has 1 N–H and O–H groups in total. The van der Waals surface area contributed by atoms with Crippen molar-refractivity contribution in [1.29, 1.82) is 0 Å². The standard InChI is InChI=1S/C15H21NO/c1-11-5-2-8-13-14(16-12-6-3-7-12)9-4-10-17-15(11)13/h2,5,8,12,14,16H,3-4,6-7,9-10H2,1H3. The quantitative estimate of drug-likeness (QED) is 0.842. The Morgan fingerprint density at radius 3 is 2.82 bits per heavy atom. The van der Waals surface area contributed by atoms with Crippen LogP contribution in [0.4, 0.5) is 0 Å². The largest absolute Gasteiger partial charge is 0.493 e. The van der Waals surface area contributed by atoms with Gasteiger partial charge >= 0.3 is 0 Å². The van der Waals surface area contributed by atoms with Gasteiger partial charge in [-0.25, -0.2) is 0 Å². The molecule has 1 aromatic carbocycles. The lowest BCUT2D eigenvalue weighted by molar-refractivity contribution is 0.292. The summed E-state index contributed by atoms with van der Waals surface area (Å²) in [6, 6.07) is 7.76. The molecule has 0 saturated heterocycles. The Morgan fingerprint density at radius 2 is 2.06 bits per heavy atom. The van der Waals surface area contributed by atoms with E-state index in [0.29, 0.717) is 6.04 Å². The van der Waals surface area contributed by atoms with Crippen LogP contribution >= 0.6 is 0 Å². The van der Waals surface area contributed by atoms with Crippen LogP contribution in [0.25, 0.3) is 0 Å². The van der Waals surface area contributed by atoms with Gasteiger partial charge in [0.05, 0.1) is 6.61 Å². The van der Waals surface area contributed by atoms with Gasteiger partial charge in [-0.05, 0) is 38.2 Å². The first-order valence-corrected chi connectivity index (χ1v) is 6.83. The third-order valence-electron chi connectivity index (χ3n) is 4.04. The van der Waals surface area contributed by atoms with Gasteiger partial charge in [0.25, 0.3) is 0 Å². The summed E-state index contributed by atoms with van der Waals surface area (Å²) < 4.78 is 5.90. The van der Waals surface area contributed by atoms with Crippen LogP contribution in [0.3, 0.4) is 0 Å². The molecular formula is C15H21NO. The molecule has 3 rings (SSSR count). The van der Waals surface area contributed by atoms with E-state index in [1.54, 1.807) is 0 Å². The van der Waals surface area contributed by atoms with E-state index >= 15 is 0 Å². The summed E-state index contributed by atoms with van der Waals surface area (Å²) in [5, 5.41) is 3.80. The molecule has 1 saturated carbocycles. The van der Waals surface area contributed by atoms with E-state index in [-0.39, 0.29) is 0 Å². The maximum absolute atomic E-state index is 5.90. The molecule has 2 aliphatic rings.